The van der Waals surface area contributed by atoms with E-state index in [9.17, 15) is 5.11 Å². The minimum Gasteiger partial charge on any atom is -0.392 e. The molecule has 1 aliphatic rings. The maximum atomic E-state index is 10.2. The monoisotopic (exact) mass is 254 g/mol. The molecule has 0 bridgehead atoms. The summed E-state index contributed by atoms with van der Waals surface area (Å²) < 4.78 is 5.42. The molecule has 2 heteroatoms. The number of methoxy groups -OCH3 is 1. The summed E-state index contributed by atoms with van der Waals surface area (Å²) in [6, 6.07) is 0. The molecule has 0 aliphatic heterocycles. The molecular weight excluding hydrogens is 224 g/mol. The lowest BCUT2D eigenvalue weighted by atomic mass is 9.76. The summed E-state index contributed by atoms with van der Waals surface area (Å²) in [5, 5.41) is 10.2. The van der Waals surface area contributed by atoms with E-state index < -0.39 is 0 Å². The Morgan fingerprint density at radius 3 is 2.67 bits per heavy atom. The van der Waals surface area contributed by atoms with Crippen LogP contribution in [-0.4, -0.2) is 23.9 Å². The summed E-state index contributed by atoms with van der Waals surface area (Å²) >= 11 is 0. The topological polar surface area (TPSA) is 29.5 Å². The Bertz CT molecular complexity index is 247. The first kappa shape index (κ1) is 15.7. The Hall–Kier alpha value is -0.340. The van der Waals surface area contributed by atoms with Gasteiger partial charge in [0.05, 0.1) is 11.7 Å². The van der Waals surface area contributed by atoms with Crippen molar-refractivity contribution in [3.8, 4) is 0 Å². The first-order chi connectivity index (χ1) is 8.50. The van der Waals surface area contributed by atoms with Crippen LogP contribution in [0, 0.1) is 11.8 Å². The third-order valence-electron chi connectivity index (χ3n) is 4.49. The Balaban J connectivity index is 2.24. The number of ether oxygens (including phenoxy) is 1. The van der Waals surface area contributed by atoms with Crippen molar-refractivity contribution in [2.75, 3.05) is 7.11 Å². The smallest absolute Gasteiger partial charge is 0.0630 e. The third kappa shape index (κ3) is 4.74. The molecule has 3 atom stereocenters. The van der Waals surface area contributed by atoms with Gasteiger partial charge in [-0.05, 0) is 45.4 Å². The van der Waals surface area contributed by atoms with Crippen LogP contribution < -0.4 is 0 Å². The average Bonchev–Trinajstić information content (AvgIpc) is 2.36. The standard InChI is InChI=1S/C16H30O2/c1-5-13-10-8-11-14(15(13)17)9-6-7-12-16(2,3)18-4/h5,13-15,17H,1,6-12H2,2-4H3. The molecule has 1 fully saturated rings. The van der Waals surface area contributed by atoms with Crippen molar-refractivity contribution in [2.45, 2.75) is 70.5 Å². The van der Waals surface area contributed by atoms with Crippen LogP contribution in [0.5, 0.6) is 0 Å². The molecule has 0 spiro atoms. The molecule has 0 amide bonds. The molecule has 106 valence electrons. The SMILES string of the molecule is C=CC1CCCC(CCCCC(C)(C)OC)C1O. The van der Waals surface area contributed by atoms with Crippen LogP contribution in [0.2, 0.25) is 0 Å². The van der Waals surface area contributed by atoms with Crippen LogP contribution in [-0.2, 0) is 4.74 Å². The molecular formula is C16H30O2. The fourth-order valence-electron chi connectivity index (χ4n) is 2.94. The van der Waals surface area contributed by atoms with Gasteiger partial charge in [0.1, 0.15) is 0 Å². The normalized spacial score (nSPS) is 29.2. The van der Waals surface area contributed by atoms with E-state index in [0.717, 1.165) is 19.3 Å². The van der Waals surface area contributed by atoms with Gasteiger partial charge >= 0.3 is 0 Å². The zero-order valence-electron chi connectivity index (χ0n) is 12.3. The minimum atomic E-state index is -0.160. The molecule has 2 nitrogen and oxygen atoms in total. The van der Waals surface area contributed by atoms with Crippen molar-refractivity contribution in [1.82, 2.24) is 0 Å². The van der Waals surface area contributed by atoms with Crippen LogP contribution in [0.1, 0.15) is 58.8 Å². The van der Waals surface area contributed by atoms with Crippen molar-refractivity contribution in [3.63, 3.8) is 0 Å². The molecule has 0 aromatic rings. The number of unbranched alkanes of at least 4 members (excludes halogenated alkanes) is 1. The highest BCUT2D eigenvalue weighted by molar-refractivity contribution is 4.91. The van der Waals surface area contributed by atoms with E-state index in [1.165, 1.54) is 25.7 Å². The van der Waals surface area contributed by atoms with Crippen LogP contribution in [0.4, 0.5) is 0 Å². The van der Waals surface area contributed by atoms with E-state index in [1.807, 2.05) is 6.08 Å². The Kier molecular flexibility index (Phi) is 6.37. The number of aliphatic hydroxyl groups is 1. The number of rotatable bonds is 7. The summed E-state index contributed by atoms with van der Waals surface area (Å²) in [6.45, 7) is 8.10. The maximum Gasteiger partial charge on any atom is 0.0630 e. The van der Waals surface area contributed by atoms with E-state index in [2.05, 4.69) is 20.4 Å². The second-order valence-electron chi connectivity index (χ2n) is 6.29. The molecule has 0 radical (unpaired) electrons. The van der Waals surface area contributed by atoms with Gasteiger partial charge in [-0.2, -0.15) is 0 Å². The quantitative estimate of drug-likeness (QED) is 0.551. The van der Waals surface area contributed by atoms with E-state index in [0.29, 0.717) is 11.8 Å². The molecule has 1 rings (SSSR count). The molecule has 1 saturated carbocycles. The van der Waals surface area contributed by atoms with Crippen molar-refractivity contribution in [2.24, 2.45) is 11.8 Å². The molecule has 1 N–H and O–H groups in total. The summed E-state index contributed by atoms with van der Waals surface area (Å²) in [4.78, 5) is 0. The first-order valence-corrected chi connectivity index (χ1v) is 7.36. The molecule has 0 aromatic heterocycles. The molecule has 0 saturated heterocycles. The molecule has 18 heavy (non-hydrogen) atoms. The van der Waals surface area contributed by atoms with Crippen LogP contribution in [0.15, 0.2) is 12.7 Å². The molecule has 1 aliphatic carbocycles. The Morgan fingerprint density at radius 2 is 2.06 bits per heavy atom. The second kappa shape index (κ2) is 7.30. The van der Waals surface area contributed by atoms with Crippen LogP contribution in [0.25, 0.3) is 0 Å². The second-order valence-corrected chi connectivity index (χ2v) is 6.29. The fourth-order valence-corrected chi connectivity index (χ4v) is 2.94. The van der Waals surface area contributed by atoms with Gasteiger partial charge in [-0.15, -0.1) is 6.58 Å². The van der Waals surface area contributed by atoms with Gasteiger partial charge in [-0.3, -0.25) is 0 Å². The number of hydrogen-bond acceptors (Lipinski definition) is 2. The largest absolute Gasteiger partial charge is 0.392 e. The van der Waals surface area contributed by atoms with Crippen LogP contribution in [0.3, 0.4) is 0 Å². The summed E-state index contributed by atoms with van der Waals surface area (Å²) in [5.41, 5.74) is -0.00513. The lowest BCUT2D eigenvalue weighted by Crippen LogP contribution is -2.32. The molecule has 3 unspecified atom stereocenters. The Morgan fingerprint density at radius 1 is 1.33 bits per heavy atom. The summed E-state index contributed by atoms with van der Waals surface area (Å²) in [7, 11) is 1.78. The lowest BCUT2D eigenvalue weighted by molar-refractivity contribution is 0.0101. The average molecular weight is 254 g/mol. The van der Waals surface area contributed by atoms with Crippen molar-refractivity contribution >= 4 is 0 Å². The predicted molar refractivity (Wildman–Crippen MR) is 76.6 cm³/mol. The van der Waals surface area contributed by atoms with Crippen LogP contribution >= 0.6 is 0 Å². The molecule has 0 aromatic carbocycles. The highest BCUT2D eigenvalue weighted by Crippen LogP contribution is 2.33. The number of hydrogen-bond donors (Lipinski definition) is 1. The maximum absolute atomic E-state index is 10.2. The zero-order valence-corrected chi connectivity index (χ0v) is 12.3. The predicted octanol–water partition coefficient (Wildman–Crippen LogP) is 3.94. The van der Waals surface area contributed by atoms with Gasteiger partial charge < -0.3 is 9.84 Å². The highest BCUT2D eigenvalue weighted by atomic mass is 16.5. The summed E-state index contributed by atoms with van der Waals surface area (Å²) in [5.74, 6) is 0.798. The highest BCUT2D eigenvalue weighted by Gasteiger charge is 2.29. The van der Waals surface area contributed by atoms with Crippen molar-refractivity contribution in [3.05, 3.63) is 12.7 Å². The zero-order chi connectivity index (χ0) is 13.6. The van der Waals surface area contributed by atoms with Gasteiger partial charge in [0.15, 0.2) is 0 Å². The molecule has 0 heterocycles. The van der Waals surface area contributed by atoms with Crippen molar-refractivity contribution < 1.29 is 9.84 Å². The van der Waals surface area contributed by atoms with E-state index in [4.69, 9.17) is 4.74 Å². The van der Waals surface area contributed by atoms with E-state index >= 15 is 0 Å². The van der Waals surface area contributed by atoms with E-state index in [-0.39, 0.29) is 11.7 Å². The van der Waals surface area contributed by atoms with Gasteiger partial charge in [0, 0.05) is 13.0 Å². The van der Waals surface area contributed by atoms with Gasteiger partial charge in [0.2, 0.25) is 0 Å². The third-order valence-corrected chi connectivity index (χ3v) is 4.49. The van der Waals surface area contributed by atoms with Gasteiger partial charge in [-0.25, -0.2) is 0 Å². The lowest BCUT2D eigenvalue weighted by Gasteiger charge is -2.33. The van der Waals surface area contributed by atoms with Gasteiger partial charge in [-0.1, -0.05) is 25.3 Å². The van der Waals surface area contributed by atoms with Gasteiger partial charge in [0.25, 0.3) is 0 Å². The fraction of sp³-hybridized carbons (Fsp3) is 0.875. The first-order valence-electron chi connectivity index (χ1n) is 7.36. The Labute approximate surface area is 112 Å². The van der Waals surface area contributed by atoms with Crippen molar-refractivity contribution in [1.29, 1.82) is 0 Å². The summed E-state index contributed by atoms with van der Waals surface area (Å²) in [6.07, 6.45) is 9.92. The number of aliphatic hydroxyl groups excluding tert-OH is 1. The minimum absolute atomic E-state index is 0.00513. The van der Waals surface area contributed by atoms with E-state index in [1.54, 1.807) is 7.11 Å².